The van der Waals surface area contributed by atoms with E-state index in [9.17, 15) is 9.59 Å². The summed E-state index contributed by atoms with van der Waals surface area (Å²) in [6.07, 6.45) is 1.31. The van der Waals surface area contributed by atoms with Gasteiger partial charge < -0.3 is 15.4 Å². The summed E-state index contributed by atoms with van der Waals surface area (Å²) in [6, 6.07) is 7.16. The summed E-state index contributed by atoms with van der Waals surface area (Å²) >= 11 is 1.30. The zero-order chi connectivity index (χ0) is 16.7. The first kappa shape index (κ1) is 17.0. The van der Waals surface area contributed by atoms with E-state index in [1.54, 1.807) is 29.8 Å². The quantitative estimate of drug-likeness (QED) is 0.763. The van der Waals surface area contributed by atoms with Gasteiger partial charge in [0.25, 0.3) is 0 Å². The molecule has 0 saturated carbocycles. The molecule has 1 heterocycles. The summed E-state index contributed by atoms with van der Waals surface area (Å²) in [5.41, 5.74) is 0.556. The van der Waals surface area contributed by atoms with E-state index in [1.807, 2.05) is 19.9 Å². The third-order valence-corrected chi connectivity index (χ3v) is 3.42. The number of nitrogens with one attached hydrogen (secondary N) is 2. The van der Waals surface area contributed by atoms with Gasteiger partial charge in [-0.3, -0.25) is 9.59 Å². The largest absolute Gasteiger partial charge is 0.491 e. The van der Waals surface area contributed by atoms with Gasteiger partial charge in [-0.1, -0.05) is 26.0 Å². The summed E-state index contributed by atoms with van der Waals surface area (Å²) in [6.45, 7) is 4.64. The lowest BCUT2D eigenvalue weighted by Gasteiger charge is -2.13. The van der Waals surface area contributed by atoms with Crippen LogP contribution in [0, 0.1) is 5.92 Å². The molecule has 1 aromatic heterocycles. The van der Waals surface area contributed by atoms with Gasteiger partial charge >= 0.3 is 0 Å². The Morgan fingerprint density at radius 3 is 2.65 bits per heavy atom. The normalized spacial score (nSPS) is 10.4. The van der Waals surface area contributed by atoms with E-state index in [0.29, 0.717) is 29.1 Å². The van der Waals surface area contributed by atoms with Crippen LogP contribution in [-0.2, 0) is 9.59 Å². The number of carbonyl (C=O) groups excluding carboxylic acids is 2. The Balaban J connectivity index is 1.90. The van der Waals surface area contributed by atoms with Gasteiger partial charge in [0, 0.05) is 11.6 Å². The highest BCUT2D eigenvalue weighted by atomic mass is 32.1. The summed E-state index contributed by atoms with van der Waals surface area (Å²) in [5.74, 6) is 0.162. The fourth-order valence-corrected chi connectivity index (χ4v) is 2.29. The SMILES string of the molecule is CC(C)COc1ccccc1NC(=O)CC(=O)Nc1nccs1. The van der Waals surface area contributed by atoms with Crippen LogP contribution < -0.4 is 15.4 Å². The standard InChI is InChI=1S/C16H19N3O3S/c1-11(2)10-22-13-6-4-3-5-12(13)18-14(20)9-15(21)19-16-17-7-8-23-16/h3-8,11H,9-10H2,1-2H3,(H,18,20)(H,17,19,21). The first-order chi connectivity index (χ1) is 11.0. The lowest BCUT2D eigenvalue weighted by molar-refractivity contribution is -0.123. The van der Waals surface area contributed by atoms with Crippen molar-refractivity contribution in [2.45, 2.75) is 20.3 Å². The molecule has 0 radical (unpaired) electrons. The average molecular weight is 333 g/mol. The molecule has 6 nitrogen and oxygen atoms in total. The Kier molecular flexibility index (Phi) is 6.10. The fourth-order valence-electron chi connectivity index (χ4n) is 1.74. The second-order valence-electron chi connectivity index (χ2n) is 5.31. The zero-order valence-corrected chi connectivity index (χ0v) is 13.9. The molecule has 0 saturated heterocycles. The summed E-state index contributed by atoms with van der Waals surface area (Å²) < 4.78 is 5.67. The Morgan fingerprint density at radius 2 is 1.96 bits per heavy atom. The number of nitrogens with zero attached hydrogens (tertiary/aromatic N) is 1. The minimum atomic E-state index is -0.405. The maximum absolute atomic E-state index is 12.0. The van der Waals surface area contributed by atoms with E-state index in [4.69, 9.17) is 4.74 Å². The number of aromatic nitrogens is 1. The molecule has 1 aromatic carbocycles. The predicted molar refractivity (Wildman–Crippen MR) is 90.8 cm³/mol. The monoisotopic (exact) mass is 333 g/mol. The smallest absolute Gasteiger partial charge is 0.235 e. The highest BCUT2D eigenvalue weighted by Gasteiger charge is 2.13. The molecule has 122 valence electrons. The minimum absolute atomic E-state index is 0.280. The maximum Gasteiger partial charge on any atom is 0.235 e. The highest BCUT2D eigenvalue weighted by molar-refractivity contribution is 7.13. The first-order valence-electron chi connectivity index (χ1n) is 7.25. The third-order valence-electron chi connectivity index (χ3n) is 2.73. The number of benzene rings is 1. The third kappa shape index (κ3) is 5.71. The van der Waals surface area contributed by atoms with E-state index in [0.717, 1.165) is 0 Å². The van der Waals surface area contributed by atoms with Gasteiger partial charge in [-0.15, -0.1) is 11.3 Å². The van der Waals surface area contributed by atoms with Crippen LogP contribution in [0.15, 0.2) is 35.8 Å². The topological polar surface area (TPSA) is 80.3 Å². The van der Waals surface area contributed by atoms with Crippen molar-refractivity contribution < 1.29 is 14.3 Å². The van der Waals surface area contributed by atoms with Gasteiger partial charge in [0.05, 0.1) is 12.3 Å². The molecule has 23 heavy (non-hydrogen) atoms. The number of carbonyl (C=O) groups is 2. The van der Waals surface area contributed by atoms with Crippen LogP contribution in [0.2, 0.25) is 0 Å². The zero-order valence-electron chi connectivity index (χ0n) is 13.0. The minimum Gasteiger partial charge on any atom is -0.491 e. The van der Waals surface area contributed by atoms with E-state index in [2.05, 4.69) is 15.6 Å². The van der Waals surface area contributed by atoms with Crippen LogP contribution in [0.4, 0.5) is 10.8 Å². The van der Waals surface area contributed by atoms with Gasteiger partial charge in [0.2, 0.25) is 11.8 Å². The molecule has 2 rings (SSSR count). The summed E-state index contributed by atoms with van der Waals surface area (Å²) in [7, 11) is 0. The number of rotatable bonds is 7. The van der Waals surface area contributed by atoms with Crippen molar-refractivity contribution in [1.82, 2.24) is 4.98 Å². The molecule has 0 aliphatic carbocycles. The molecule has 0 atom stereocenters. The molecule has 7 heteroatoms. The molecule has 2 amide bonds. The Labute approximate surface area is 138 Å². The molecule has 0 unspecified atom stereocenters. The van der Waals surface area contributed by atoms with Gasteiger partial charge in [-0.05, 0) is 18.1 Å². The van der Waals surface area contributed by atoms with Crippen molar-refractivity contribution in [3.63, 3.8) is 0 Å². The Bertz CT molecular complexity index is 656. The second kappa shape index (κ2) is 8.28. The van der Waals surface area contributed by atoms with Crippen molar-refractivity contribution in [2.24, 2.45) is 5.92 Å². The molecule has 0 fully saturated rings. The lowest BCUT2D eigenvalue weighted by Crippen LogP contribution is -2.21. The molecule has 0 spiro atoms. The van der Waals surface area contributed by atoms with Crippen LogP contribution in [0.3, 0.4) is 0 Å². The van der Waals surface area contributed by atoms with Crippen LogP contribution in [-0.4, -0.2) is 23.4 Å². The lowest BCUT2D eigenvalue weighted by atomic mass is 10.2. The van der Waals surface area contributed by atoms with Crippen LogP contribution in [0.5, 0.6) is 5.75 Å². The molecular weight excluding hydrogens is 314 g/mol. The van der Waals surface area contributed by atoms with Crippen molar-refractivity contribution in [3.05, 3.63) is 35.8 Å². The number of anilines is 2. The van der Waals surface area contributed by atoms with E-state index < -0.39 is 11.8 Å². The van der Waals surface area contributed by atoms with Crippen molar-refractivity contribution in [3.8, 4) is 5.75 Å². The Morgan fingerprint density at radius 1 is 1.22 bits per heavy atom. The van der Waals surface area contributed by atoms with Gasteiger partial charge in [-0.2, -0.15) is 0 Å². The van der Waals surface area contributed by atoms with Crippen molar-refractivity contribution in [1.29, 1.82) is 0 Å². The molecule has 0 bridgehead atoms. The van der Waals surface area contributed by atoms with E-state index >= 15 is 0 Å². The van der Waals surface area contributed by atoms with Gasteiger partial charge in [0.1, 0.15) is 12.2 Å². The Hall–Kier alpha value is -2.41. The number of amides is 2. The highest BCUT2D eigenvalue weighted by Crippen LogP contribution is 2.24. The number of hydrogen-bond donors (Lipinski definition) is 2. The van der Waals surface area contributed by atoms with E-state index in [1.165, 1.54) is 11.3 Å². The number of para-hydroxylation sites is 2. The fraction of sp³-hybridized carbons (Fsp3) is 0.312. The van der Waals surface area contributed by atoms with Crippen LogP contribution in [0.1, 0.15) is 20.3 Å². The van der Waals surface area contributed by atoms with Crippen molar-refractivity contribution >= 4 is 34.0 Å². The number of thiazole rings is 1. The summed E-state index contributed by atoms with van der Waals surface area (Å²) in [5, 5.41) is 7.50. The average Bonchev–Trinajstić information content (AvgIpc) is 2.98. The summed E-state index contributed by atoms with van der Waals surface area (Å²) in [4.78, 5) is 27.7. The molecular formula is C16H19N3O3S. The number of ether oxygens (including phenoxy) is 1. The second-order valence-corrected chi connectivity index (χ2v) is 6.21. The van der Waals surface area contributed by atoms with E-state index in [-0.39, 0.29) is 6.42 Å². The maximum atomic E-state index is 12.0. The van der Waals surface area contributed by atoms with Crippen molar-refractivity contribution in [2.75, 3.05) is 17.2 Å². The predicted octanol–water partition coefficient (Wildman–Crippen LogP) is 3.15. The van der Waals surface area contributed by atoms with Gasteiger partial charge in [-0.25, -0.2) is 4.98 Å². The molecule has 0 aliphatic rings. The van der Waals surface area contributed by atoms with Crippen LogP contribution in [0.25, 0.3) is 0 Å². The van der Waals surface area contributed by atoms with Gasteiger partial charge in [0.15, 0.2) is 5.13 Å². The molecule has 2 aromatic rings. The number of hydrogen-bond acceptors (Lipinski definition) is 5. The molecule has 2 N–H and O–H groups in total. The molecule has 0 aliphatic heterocycles. The van der Waals surface area contributed by atoms with Crippen LogP contribution >= 0.6 is 11.3 Å². The first-order valence-corrected chi connectivity index (χ1v) is 8.13.